The third kappa shape index (κ3) is 3.64. The minimum Gasteiger partial charge on any atom is -0.481 e. The summed E-state index contributed by atoms with van der Waals surface area (Å²) in [6.45, 7) is 2.17. The van der Waals surface area contributed by atoms with Crippen molar-refractivity contribution in [3.05, 3.63) is 0 Å². The lowest BCUT2D eigenvalue weighted by Gasteiger charge is -2.32. The van der Waals surface area contributed by atoms with Crippen LogP contribution in [0.2, 0.25) is 0 Å². The molecule has 5 nitrogen and oxygen atoms in total. The molecular formula is C15H26N2O3. The Balaban J connectivity index is 1.84. The van der Waals surface area contributed by atoms with Gasteiger partial charge in [-0.1, -0.05) is 32.6 Å². The zero-order valence-electron chi connectivity index (χ0n) is 12.2. The van der Waals surface area contributed by atoms with Crippen LogP contribution < -0.4 is 10.6 Å². The molecule has 0 heterocycles. The van der Waals surface area contributed by atoms with Gasteiger partial charge in [-0.3, -0.25) is 4.79 Å². The first kappa shape index (κ1) is 15.1. The topological polar surface area (TPSA) is 78.4 Å². The third-order valence-electron chi connectivity index (χ3n) is 4.90. The van der Waals surface area contributed by atoms with Crippen LogP contribution in [0.1, 0.15) is 58.3 Å². The molecule has 2 aliphatic rings. The van der Waals surface area contributed by atoms with Gasteiger partial charge in [0, 0.05) is 12.1 Å². The molecule has 4 atom stereocenters. The predicted molar refractivity (Wildman–Crippen MR) is 76.5 cm³/mol. The first-order valence-corrected chi connectivity index (χ1v) is 7.91. The van der Waals surface area contributed by atoms with Crippen LogP contribution in [0.3, 0.4) is 0 Å². The zero-order valence-corrected chi connectivity index (χ0v) is 12.2. The van der Waals surface area contributed by atoms with E-state index in [1.54, 1.807) is 0 Å². The molecule has 0 aromatic rings. The molecule has 4 unspecified atom stereocenters. The van der Waals surface area contributed by atoms with E-state index in [1.165, 1.54) is 19.3 Å². The number of nitrogens with one attached hydrogen (secondary N) is 2. The molecule has 0 saturated heterocycles. The number of amides is 2. The SMILES string of the molecule is CCC1CCCCC1NC(=O)NC1CCCC1C(=O)O. The maximum absolute atomic E-state index is 12.1. The van der Waals surface area contributed by atoms with Gasteiger partial charge in [0.15, 0.2) is 0 Å². The lowest BCUT2D eigenvalue weighted by atomic mass is 9.83. The summed E-state index contributed by atoms with van der Waals surface area (Å²) in [5, 5.41) is 15.1. The van der Waals surface area contributed by atoms with Gasteiger partial charge in [0.05, 0.1) is 5.92 Å². The number of urea groups is 1. The van der Waals surface area contributed by atoms with Crippen LogP contribution in [0.4, 0.5) is 4.79 Å². The molecule has 0 aliphatic heterocycles. The van der Waals surface area contributed by atoms with E-state index in [-0.39, 0.29) is 18.1 Å². The van der Waals surface area contributed by atoms with Crippen molar-refractivity contribution in [2.24, 2.45) is 11.8 Å². The molecule has 5 heteroatoms. The smallest absolute Gasteiger partial charge is 0.315 e. The summed E-state index contributed by atoms with van der Waals surface area (Å²) in [7, 11) is 0. The molecule has 0 aromatic heterocycles. The Hall–Kier alpha value is -1.26. The van der Waals surface area contributed by atoms with Crippen LogP contribution in [-0.2, 0) is 4.79 Å². The van der Waals surface area contributed by atoms with Crippen molar-refractivity contribution in [1.29, 1.82) is 0 Å². The van der Waals surface area contributed by atoms with Crippen LogP contribution in [0.25, 0.3) is 0 Å². The summed E-state index contributed by atoms with van der Waals surface area (Å²) in [5.41, 5.74) is 0. The van der Waals surface area contributed by atoms with Gasteiger partial charge in [0.25, 0.3) is 0 Å². The highest BCUT2D eigenvalue weighted by molar-refractivity contribution is 5.77. The predicted octanol–water partition coefficient (Wildman–Crippen LogP) is 2.51. The van der Waals surface area contributed by atoms with Gasteiger partial charge in [-0.15, -0.1) is 0 Å². The average molecular weight is 282 g/mol. The Morgan fingerprint density at radius 1 is 1.00 bits per heavy atom. The normalized spacial score (nSPS) is 33.6. The fourth-order valence-electron chi connectivity index (χ4n) is 3.69. The van der Waals surface area contributed by atoms with Crippen molar-refractivity contribution >= 4 is 12.0 Å². The summed E-state index contributed by atoms with van der Waals surface area (Å²) in [6, 6.07) is -0.150. The minimum atomic E-state index is -0.795. The fraction of sp³-hybridized carbons (Fsp3) is 0.867. The van der Waals surface area contributed by atoms with Crippen molar-refractivity contribution < 1.29 is 14.7 Å². The Kier molecular flexibility index (Phi) is 5.26. The summed E-state index contributed by atoms with van der Waals surface area (Å²) < 4.78 is 0. The first-order valence-electron chi connectivity index (χ1n) is 7.91. The van der Waals surface area contributed by atoms with Gasteiger partial charge in [0.2, 0.25) is 0 Å². The Labute approximate surface area is 120 Å². The number of carboxylic acids is 1. The zero-order chi connectivity index (χ0) is 14.5. The first-order chi connectivity index (χ1) is 9.61. The highest BCUT2D eigenvalue weighted by Gasteiger charge is 2.34. The van der Waals surface area contributed by atoms with Crippen molar-refractivity contribution in [2.75, 3.05) is 0 Å². The summed E-state index contributed by atoms with van der Waals surface area (Å²) in [5.74, 6) is -0.653. The van der Waals surface area contributed by atoms with Gasteiger partial charge < -0.3 is 15.7 Å². The van der Waals surface area contributed by atoms with Gasteiger partial charge in [-0.25, -0.2) is 4.79 Å². The second kappa shape index (κ2) is 6.95. The van der Waals surface area contributed by atoms with E-state index >= 15 is 0 Å². The van der Waals surface area contributed by atoms with E-state index in [9.17, 15) is 9.59 Å². The van der Waals surface area contributed by atoms with E-state index in [0.717, 1.165) is 25.7 Å². The molecule has 3 N–H and O–H groups in total. The molecule has 2 aliphatic carbocycles. The standard InChI is InChI=1S/C15H26N2O3/c1-2-10-6-3-4-8-12(10)16-15(20)17-13-9-5-7-11(13)14(18)19/h10-13H,2-9H2,1H3,(H,18,19)(H2,16,17,20). The second-order valence-corrected chi connectivity index (χ2v) is 6.16. The molecule has 0 spiro atoms. The molecule has 2 saturated carbocycles. The van der Waals surface area contributed by atoms with Crippen LogP contribution in [0.5, 0.6) is 0 Å². The molecular weight excluding hydrogens is 256 g/mol. The van der Waals surface area contributed by atoms with Gasteiger partial charge in [-0.05, 0) is 31.6 Å². The third-order valence-corrected chi connectivity index (χ3v) is 4.90. The van der Waals surface area contributed by atoms with E-state index in [1.807, 2.05) is 0 Å². The maximum atomic E-state index is 12.1. The molecule has 0 radical (unpaired) electrons. The number of rotatable bonds is 4. The van der Waals surface area contributed by atoms with Crippen molar-refractivity contribution in [3.8, 4) is 0 Å². The number of carboxylic acid groups (broad SMARTS) is 1. The molecule has 0 bridgehead atoms. The average Bonchev–Trinajstić information content (AvgIpc) is 2.87. The second-order valence-electron chi connectivity index (χ2n) is 6.16. The van der Waals surface area contributed by atoms with E-state index < -0.39 is 11.9 Å². The fourth-order valence-corrected chi connectivity index (χ4v) is 3.69. The van der Waals surface area contributed by atoms with Crippen LogP contribution in [0.15, 0.2) is 0 Å². The summed E-state index contributed by atoms with van der Waals surface area (Å²) >= 11 is 0. The number of aliphatic carboxylic acids is 1. The highest BCUT2D eigenvalue weighted by Crippen LogP contribution is 2.28. The minimum absolute atomic E-state index is 0.187. The van der Waals surface area contributed by atoms with Crippen LogP contribution >= 0.6 is 0 Å². The molecule has 20 heavy (non-hydrogen) atoms. The number of carbonyl (C=O) groups excluding carboxylic acids is 1. The number of hydrogen-bond acceptors (Lipinski definition) is 2. The largest absolute Gasteiger partial charge is 0.481 e. The molecule has 2 amide bonds. The number of hydrogen-bond donors (Lipinski definition) is 3. The molecule has 2 fully saturated rings. The Bertz CT molecular complexity index is 359. The summed E-state index contributed by atoms with van der Waals surface area (Å²) in [4.78, 5) is 23.2. The van der Waals surface area contributed by atoms with Crippen LogP contribution in [-0.4, -0.2) is 29.2 Å². The lowest BCUT2D eigenvalue weighted by Crippen LogP contribution is -2.50. The van der Waals surface area contributed by atoms with Crippen molar-refractivity contribution in [1.82, 2.24) is 10.6 Å². The maximum Gasteiger partial charge on any atom is 0.315 e. The van der Waals surface area contributed by atoms with Gasteiger partial charge in [0.1, 0.15) is 0 Å². The molecule has 2 rings (SSSR count). The van der Waals surface area contributed by atoms with Gasteiger partial charge in [-0.2, -0.15) is 0 Å². The monoisotopic (exact) mass is 282 g/mol. The quantitative estimate of drug-likeness (QED) is 0.741. The van der Waals surface area contributed by atoms with E-state index in [0.29, 0.717) is 12.3 Å². The summed E-state index contributed by atoms with van der Waals surface area (Å²) in [6.07, 6.45) is 8.05. The Morgan fingerprint density at radius 2 is 1.65 bits per heavy atom. The van der Waals surface area contributed by atoms with E-state index in [2.05, 4.69) is 17.6 Å². The highest BCUT2D eigenvalue weighted by atomic mass is 16.4. The molecule has 0 aromatic carbocycles. The molecule has 114 valence electrons. The van der Waals surface area contributed by atoms with Gasteiger partial charge >= 0.3 is 12.0 Å². The number of carbonyl (C=O) groups is 2. The van der Waals surface area contributed by atoms with Crippen molar-refractivity contribution in [3.63, 3.8) is 0 Å². The Morgan fingerprint density at radius 3 is 2.35 bits per heavy atom. The van der Waals surface area contributed by atoms with Crippen LogP contribution in [0, 0.1) is 11.8 Å². The van der Waals surface area contributed by atoms with Crippen molar-refractivity contribution in [2.45, 2.75) is 70.4 Å². The lowest BCUT2D eigenvalue weighted by molar-refractivity contribution is -0.142. The van der Waals surface area contributed by atoms with E-state index in [4.69, 9.17) is 5.11 Å².